The second kappa shape index (κ2) is 14.9. The number of sulfone groups is 1. The largest absolute Gasteiger partial charge is 0.469 e. The highest BCUT2D eigenvalue weighted by Crippen LogP contribution is 2.37. The van der Waals surface area contributed by atoms with E-state index in [-0.39, 0.29) is 35.2 Å². The van der Waals surface area contributed by atoms with E-state index < -0.39 is 37.3 Å². The molecule has 50 heavy (non-hydrogen) atoms. The van der Waals surface area contributed by atoms with Crippen LogP contribution in [0.4, 0.5) is 4.39 Å². The lowest BCUT2D eigenvalue weighted by molar-refractivity contribution is -0.139. The molecule has 266 valence electrons. The minimum atomic E-state index is -3.62. The first kappa shape index (κ1) is 37.0. The topological polar surface area (TPSA) is 143 Å². The number of carbonyl (C=O) groups is 1. The molecule has 0 radical (unpaired) electrons. The third-order valence-corrected chi connectivity index (χ3v) is 12.8. The number of ether oxygens (including phenoxy) is 1. The van der Waals surface area contributed by atoms with Crippen LogP contribution in [0, 0.1) is 11.2 Å². The quantitative estimate of drug-likeness (QED) is 0.193. The van der Waals surface area contributed by atoms with Crippen molar-refractivity contribution in [2.45, 2.75) is 75.0 Å². The fourth-order valence-electron chi connectivity index (χ4n) is 6.67. The number of amidine groups is 1. The van der Waals surface area contributed by atoms with Gasteiger partial charge in [0.05, 0.1) is 57.6 Å². The van der Waals surface area contributed by atoms with Gasteiger partial charge in [0.1, 0.15) is 5.82 Å². The van der Waals surface area contributed by atoms with Gasteiger partial charge in [-0.3, -0.25) is 9.78 Å². The van der Waals surface area contributed by atoms with Gasteiger partial charge in [0.15, 0.2) is 15.7 Å². The van der Waals surface area contributed by atoms with Crippen LogP contribution in [0.3, 0.4) is 0 Å². The number of halogens is 1. The molecule has 4 aromatic rings. The number of aromatic nitrogens is 2. The van der Waals surface area contributed by atoms with E-state index in [1.54, 1.807) is 38.4 Å². The molecule has 2 N–H and O–H groups in total. The molecule has 10 nitrogen and oxygen atoms in total. The van der Waals surface area contributed by atoms with Gasteiger partial charge in [0.2, 0.25) is 0 Å². The zero-order chi connectivity index (χ0) is 36.3. The molecule has 0 aliphatic carbocycles. The van der Waals surface area contributed by atoms with Gasteiger partial charge in [-0.15, -0.1) is 0 Å². The lowest BCUT2D eigenvalue weighted by Gasteiger charge is -2.32. The first-order chi connectivity index (χ1) is 23.7. The summed E-state index contributed by atoms with van der Waals surface area (Å²) in [4.78, 5) is 24.9. The van der Waals surface area contributed by atoms with Gasteiger partial charge < -0.3 is 15.1 Å². The number of hydrazone groups is 1. The van der Waals surface area contributed by atoms with E-state index in [1.165, 1.54) is 19.4 Å². The molecule has 2 bridgehead atoms. The number of H-pyrrole nitrogens is 1. The first-order valence-electron chi connectivity index (χ1n) is 16.5. The number of fused-ring (bicyclic) bond motifs is 5. The van der Waals surface area contributed by atoms with Crippen molar-refractivity contribution >= 4 is 49.1 Å². The van der Waals surface area contributed by atoms with E-state index in [0.29, 0.717) is 57.9 Å². The van der Waals surface area contributed by atoms with Crippen molar-refractivity contribution in [1.82, 2.24) is 15.4 Å². The summed E-state index contributed by atoms with van der Waals surface area (Å²) in [5, 5.41) is 5.26. The van der Waals surface area contributed by atoms with Crippen molar-refractivity contribution in [2.75, 3.05) is 25.7 Å². The fourth-order valence-corrected chi connectivity index (χ4v) is 9.98. The van der Waals surface area contributed by atoms with Gasteiger partial charge >= 0.3 is 5.97 Å². The van der Waals surface area contributed by atoms with Crippen LogP contribution >= 0.6 is 0 Å². The molecule has 1 unspecified atom stereocenters. The zero-order valence-corrected chi connectivity index (χ0v) is 30.9. The second-order valence-electron chi connectivity index (χ2n) is 13.8. The Hall–Kier alpha value is -4.23. The van der Waals surface area contributed by atoms with Crippen LogP contribution in [0.25, 0.3) is 10.9 Å². The Balaban J connectivity index is 1.69. The Morgan fingerprint density at radius 3 is 2.66 bits per heavy atom. The molecule has 0 spiro atoms. The normalized spacial score (nSPS) is 22.2. The number of esters is 1. The third-order valence-electron chi connectivity index (χ3n) is 9.30. The minimum Gasteiger partial charge on any atom is -0.469 e. The number of hydrogen-bond acceptors (Lipinski definition) is 8. The van der Waals surface area contributed by atoms with Crippen LogP contribution in [-0.2, 0) is 48.4 Å². The van der Waals surface area contributed by atoms with E-state index >= 15 is 4.39 Å². The SMILES string of the molecule is CN/N=C1\N=C(C)c2cc(ccn2)S(=O)c2c(F)cc3[nH]ccc3c2CCS(=O)(=O)CC(C)(C)CCC[C@]1(C)c1cccc(CC(=O)OC)c1. The number of aliphatic imine (C=N–C) groups is 1. The van der Waals surface area contributed by atoms with E-state index in [0.717, 1.165) is 11.1 Å². The molecule has 5 rings (SSSR count). The molecule has 0 saturated carbocycles. The van der Waals surface area contributed by atoms with Crippen molar-refractivity contribution in [2.24, 2.45) is 15.5 Å². The van der Waals surface area contributed by atoms with Crippen LogP contribution in [0.2, 0.25) is 0 Å². The Kier molecular flexibility index (Phi) is 11.1. The average molecular weight is 722 g/mol. The van der Waals surface area contributed by atoms with Crippen LogP contribution < -0.4 is 5.43 Å². The molecule has 1 aliphatic rings. The number of nitrogens with zero attached hydrogens (tertiary/aromatic N) is 3. The number of aryl methyl sites for hydroxylation is 1. The van der Waals surface area contributed by atoms with E-state index in [9.17, 15) is 17.4 Å². The number of methoxy groups -OCH3 is 1. The summed E-state index contributed by atoms with van der Waals surface area (Å²) in [5.41, 5.74) is 4.99. The molecular weight excluding hydrogens is 678 g/mol. The molecular formula is C37H44FN5O5S2. The number of carbonyl (C=O) groups excluding carboxylic acids is 1. The molecule has 0 saturated heterocycles. The highest BCUT2D eigenvalue weighted by Gasteiger charge is 2.36. The van der Waals surface area contributed by atoms with Gasteiger partial charge in [0, 0.05) is 35.2 Å². The summed E-state index contributed by atoms with van der Waals surface area (Å²) in [6, 6.07) is 13.9. The van der Waals surface area contributed by atoms with E-state index in [1.807, 2.05) is 45.0 Å². The van der Waals surface area contributed by atoms with Crippen molar-refractivity contribution in [3.8, 4) is 0 Å². The maximum atomic E-state index is 15.8. The summed E-state index contributed by atoms with van der Waals surface area (Å²) >= 11 is 0. The summed E-state index contributed by atoms with van der Waals surface area (Å²) in [5.74, 6) is -0.892. The number of hydrogen-bond donors (Lipinski definition) is 2. The summed E-state index contributed by atoms with van der Waals surface area (Å²) in [7, 11) is -2.59. The molecule has 0 fully saturated rings. The average Bonchev–Trinajstić information content (AvgIpc) is 3.53. The van der Waals surface area contributed by atoms with Gasteiger partial charge in [-0.1, -0.05) is 44.5 Å². The van der Waals surface area contributed by atoms with Crippen LogP contribution in [0.5, 0.6) is 0 Å². The summed E-state index contributed by atoms with van der Waals surface area (Å²) in [6.07, 6.45) is 5.05. The maximum absolute atomic E-state index is 15.8. The van der Waals surface area contributed by atoms with Gasteiger partial charge in [-0.25, -0.2) is 22.0 Å². The van der Waals surface area contributed by atoms with E-state index in [2.05, 4.69) is 20.5 Å². The molecule has 2 aromatic carbocycles. The van der Waals surface area contributed by atoms with Gasteiger partial charge in [0.25, 0.3) is 0 Å². The Bertz CT molecular complexity index is 2110. The number of aromatic amines is 1. The van der Waals surface area contributed by atoms with Crippen molar-refractivity contribution < 1.29 is 26.5 Å². The predicted octanol–water partition coefficient (Wildman–Crippen LogP) is 6.05. The highest BCUT2D eigenvalue weighted by molar-refractivity contribution is 7.91. The molecule has 1 aliphatic heterocycles. The van der Waals surface area contributed by atoms with Gasteiger partial charge in [-0.2, -0.15) is 5.10 Å². The Morgan fingerprint density at radius 2 is 1.92 bits per heavy atom. The van der Waals surface area contributed by atoms with Crippen LogP contribution in [0.1, 0.15) is 69.3 Å². The second-order valence-corrected chi connectivity index (χ2v) is 17.4. The standard InChI is InChI=1S/C37H44FN5O5S2/c1-24-31-21-27(11-16-40-31)49(45)34-29(28-12-17-41-32(28)22-30(34)38)13-18-50(46,47)23-36(2,3)14-8-15-37(4,35(42-24)43-39-5)26-10-7-9-25(19-26)20-33(44)48-6/h7,9-12,16-17,19,21-22,39,41H,8,13-15,18,20,23H2,1-6H3/b42-24?,43-35-/t37-,49?/m1/s1. The molecule has 2 atom stereocenters. The third kappa shape index (κ3) is 8.21. The zero-order valence-electron chi connectivity index (χ0n) is 29.3. The Labute approximate surface area is 295 Å². The number of benzene rings is 2. The smallest absolute Gasteiger partial charge is 0.309 e. The fraction of sp³-hybridized carbons (Fsp3) is 0.405. The highest BCUT2D eigenvalue weighted by atomic mass is 32.2. The molecule has 13 heteroatoms. The van der Waals surface area contributed by atoms with Crippen molar-refractivity contribution in [3.05, 3.63) is 89.1 Å². The lowest BCUT2D eigenvalue weighted by atomic mass is 9.74. The summed E-state index contributed by atoms with van der Waals surface area (Å²) < 4.78 is 62.3. The first-order valence-corrected chi connectivity index (χ1v) is 19.5. The minimum absolute atomic E-state index is 0.00779. The number of nitrogens with one attached hydrogen (secondary N) is 2. The summed E-state index contributed by atoms with van der Waals surface area (Å²) in [6.45, 7) is 7.69. The molecule has 3 heterocycles. The number of pyridine rings is 1. The van der Waals surface area contributed by atoms with Gasteiger partial charge in [-0.05, 0) is 79.5 Å². The van der Waals surface area contributed by atoms with Crippen LogP contribution in [0.15, 0.2) is 80.8 Å². The van der Waals surface area contributed by atoms with Crippen LogP contribution in [-0.4, -0.2) is 65.8 Å². The monoisotopic (exact) mass is 721 g/mol. The molecule has 2 aromatic heterocycles. The van der Waals surface area contributed by atoms with E-state index in [4.69, 9.17) is 9.73 Å². The predicted molar refractivity (Wildman–Crippen MR) is 195 cm³/mol. The number of rotatable bonds is 4. The lowest BCUT2D eigenvalue weighted by Crippen LogP contribution is -2.35. The van der Waals surface area contributed by atoms with Crippen molar-refractivity contribution in [1.29, 1.82) is 0 Å². The molecule has 0 amide bonds. The Morgan fingerprint density at radius 1 is 1.14 bits per heavy atom. The van der Waals surface area contributed by atoms with Crippen molar-refractivity contribution in [3.63, 3.8) is 0 Å². The maximum Gasteiger partial charge on any atom is 0.309 e.